The van der Waals surface area contributed by atoms with Crippen LogP contribution in [0.3, 0.4) is 0 Å². The first-order valence-corrected chi connectivity index (χ1v) is 8.10. The SMILES string of the molecule is COC(=O)Oc1ccc([N+](=O)[O-])cc1-c1cc(=O)oc2cc(O)c(Br)cc12. The monoisotopic (exact) mass is 435 g/mol. The average Bonchev–Trinajstić information content (AvgIpc) is 2.62. The first-order chi connectivity index (χ1) is 12.8. The Morgan fingerprint density at radius 3 is 2.63 bits per heavy atom. The number of phenolic OH excluding ortho intramolecular Hbond substituents is 1. The predicted molar refractivity (Wildman–Crippen MR) is 97.0 cm³/mol. The molecule has 1 N–H and O–H groups in total. The van der Waals surface area contributed by atoms with Crippen molar-refractivity contribution >= 4 is 38.7 Å². The number of fused-ring (bicyclic) bond motifs is 1. The Kier molecular flexibility index (Phi) is 4.82. The van der Waals surface area contributed by atoms with Crippen molar-refractivity contribution < 1.29 is 28.7 Å². The maximum absolute atomic E-state index is 12.0. The number of nitrogens with zero attached hydrogens (tertiary/aromatic N) is 1. The molecule has 138 valence electrons. The van der Waals surface area contributed by atoms with Gasteiger partial charge in [-0.25, -0.2) is 9.59 Å². The van der Waals surface area contributed by atoms with E-state index in [2.05, 4.69) is 20.7 Å². The number of rotatable bonds is 3. The van der Waals surface area contributed by atoms with Crippen LogP contribution >= 0.6 is 15.9 Å². The average molecular weight is 436 g/mol. The van der Waals surface area contributed by atoms with Crippen molar-refractivity contribution in [2.24, 2.45) is 0 Å². The summed E-state index contributed by atoms with van der Waals surface area (Å²) in [6, 6.07) is 7.34. The first kappa shape index (κ1) is 18.4. The minimum absolute atomic E-state index is 0.0497. The lowest BCUT2D eigenvalue weighted by atomic mass is 10.0. The van der Waals surface area contributed by atoms with Gasteiger partial charge in [0.25, 0.3) is 5.69 Å². The van der Waals surface area contributed by atoms with Crippen molar-refractivity contribution in [3.63, 3.8) is 0 Å². The van der Waals surface area contributed by atoms with Crippen LogP contribution < -0.4 is 10.4 Å². The number of non-ortho nitro benzene ring substituents is 1. The zero-order chi connectivity index (χ0) is 19.7. The van der Waals surface area contributed by atoms with Gasteiger partial charge in [0.1, 0.15) is 17.1 Å². The molecule has 0 bridgehead atoms. The van der Waals surface area contributed by atoms with Gasteiger partial charge in [0.2, 0.25) is 0 Å². The second kappa shape index (κ2) is 7.08. The van der Waals surface area contributed by atoms with Gasteiger partial charge in [-0.2, -0.15) is 0 Å². The van der Waals surface area contributed by atoms with E-state index in [1.165, 1.54) is 18.2 Å². The molecule has 3 rings (SSSR count). The number of ether oxygens (including phenoxy) is 2. The Morgan fingerprint density at radius 1 is 1.22 bits per heavy atom. The van der Waals surface area contributed by atoms with Crippen LogP contribution in [0.5, 0.6) is 11.5 Å². The molecule has 0 saturated heterocycles. The van der Waals surface area contributed by atoms with Crippen LogP contribution in [0.25, 0.3) is 22.1 Å². The lowest BCUT2D eigenvalue weighted by Gasteiger charge is -2.11. The predicted octanol–water partition coefficient (Wildman–Crippen LogP) is 3.98. The Hall–Kier alpha value is -3.40. The summed E-state index contributed by atoms with van der Waals surface area (Å²) in [5, 5.41) is 21.3. The first-order valence-electron chi connectivity index (χ1n) is 7.31. The van der Waals surface area contributed by atoms with Crippen molar-refractivity contribution in [3.8, 4) is 22.6 Å². The second-order valence-corrected chi connectivity index (χ2v) is 6.13. The fourth-order valence-corrected chi connectivity index (χ4v) is 2.80. The maximum atomic E-state index is 12.0. The van der Waals surface area contributed by atoms with Crippen molar-refractivity contribution in [3.05, 3.63) is 61.4 Å². The van der Waals surface area contributed by atoms with Crippen LogP contribution in [-0.4, -0.2) is 23.3 Å². The van der Waals surface area contributed by atoms with E-state index in [0.717, 1.165) is 25.3 Å². The summed E-state index contributed by atoms with van der Waals surface area (Å²) in [4.78, 5) is 34.0. The maximum Gasteiger partial charge on any atom is 0.513 e. The summed E-state index contributed by atoms with van der Waals surface area (Å²) < 4.78 is 14.9. The Balaban J connectivity index is 2.36. The molecule has 0 fully saturated rings. The number of carbonyl (C=O) groups is 1. The normalized spacial score (nSPS) is 10.6. The van der Waals surface area contributed by atoms with Gasteiger partial charge < -0.3 is 19.0 Å². The van der Waals surface area contributed by atoms with E-state index < -0.39 is 16.7 Å². The number of halogens is 1. The highest BCUT2D eigenvalue weighted by atomic mass is 79.9. The van der Waals surface area contributed by atoms with Crippen molar-refractivity contribution in [1.82, 2.24) is 0 Å². The number of benzene rings is 2. The number of phenols is 1. The van der Waals surface area contributed by atoms with Gasteiger partial charge in [0, 0.05) is 40.8 Å². The molecule has 3 aromatic rings. The molecule has 0 aliphatic rings. The molecule has 9 nitrogen and oxygen atoms in total. The van der Waals surface area contributed by atoms with Gasteiger partial charge >= 0.3 is 11.8 Å². The van der Waals surface area contributed by atoms with E-state index >= 15 is 0 Å². The highest BCUT2D eigenvalue weighted by molar-refractivity contribution is 9.10. The quantitative estimate of drug-likeness (QED) is 0.215. The molecule has 0 unspecified atom stereocenters. The fraction of sp³-hybridized carbons (Fsp3) is 0.0588. The fourth-order valence-electron chi connectivity index (χ4n) is 2.46. The second-order valence-electron chi connectivity index (χ2n) is 5.27. The summed E-state index contributed by atoms with van der Waals surface area (Å²) in [5.74, 6) is -0.212. The van der Waals surface area contributed by atoms with Crippen LogP contribution in [-0.2, 0) is 4.74 Å². The molecule has 10 heteroatoms. The molecule has 1 heterocycles. The number of carbonyl (C=O) groups excluding carboxylic acids is 1. The van der Waals surface area contributed by atoms with E-state index in [0.29, 0.717) is 9.86 Å². The van der Waals surface area contributed by atoms with Crippen molar-refractivity contribution in [2.75, 3.05) is 7.11 Å². The number of hydrogen-bond donors (Lipinski definition) is 1. The molecular weight excluding hydrogens is 426 g/mol. The van der Waals surface area contributed by atoms with Crippen LogP contribution in [0.4, 0.5) is 10.5 Å². The molecule has 0 spiro atoms. The summed E-state index contributed by atoms with van der Waals surface area (Å²) in [6.45, 7) is 0. The molecule has 0 aliphatic heterocycles. The number of methoxy groups -OCH3 is 1. The molecule has 0 radical (unpaired) electrons. The third kappa shape index (κ3) is 3.60. The largest absolute Gasteiger partial charge is 0.513 e. The summed E-state index contributed by atoms with van der Waals surface area (Å²) in [6.07, 6.45) is -1.03. The van der Waals surface area contributed by atoms with E-state index in [9.17, 15) is 24.8 Å². The molecule has 0 atom stereocenters. The third-order valence-electron chi connectivity index (χ3n) is 3.64. The molecular formula is C17H10BrNO8. The van der Waals surface area contributed by atoms with E-state index in [4.69, 9.17) is 9.15 Å². The van der Waals surface area contributed by atoms with Gasteiger partial charge in [-0.05, 0) is 28.1 Å². The Morgan fingerprint density at radius 2 is 1.96 bits per heavy atom. The summed E-state index contributed by atoms with van der Waals surface area (Å²) in [5.41, 5.74) is -0.667. The third-order valence-corrected chi connectivity index (χ3v) is 4.27. The van der Waals surface area contributed by atoms with E-state index in [-0.39, 0.29) is 33.9 Å². The van der Waals surface area contributed by atoms with Crippen molar-refractivity contribution in [2.45, 2.75) is 0 Å². The van der Waals surface area contributed by atoms with Crippen molar-refractivity contribution in [1.29, 1.82) is 0 Å². The highest BCUT2D eigenvalue weighted by Gasteiger charge is 2.20. The standard InChI is InChI=1S/C17H10BrNO8/c1-25-17(22)27-14-3-2-8(19(23)24)4-10(14)9-6-16(21)26-15-7-13(20)12(18)5-11(9)15/h2-7,20H,1H3. The van der Waals surface area contributed by atoms with Crippen LogP contribution in [0.2, 0.25) is 0 Å². The number of hydrogen-bond acceptors (Lipinski definition) is 8. The highest BCUT2D eigenvalue weighted by Crippen LogP contribution is 2.39. The zero-order valence-corrected chi connectivity index (χ0v) is 15.2. The Labute approximate surface area is 159 Å². The van der Waals surface area contributed by atoms with Gasteiger partial charge in [-0.3, -0.25) is 10.1 Å². The van der Waals surface area contributed by atoms with E-state index in [1.807, 2.05) is 0 Å². The number of nitro benzene ring substituents is 1. The van der Waals surface area contributed by atoms with Gasteiger partial charge in [-0.1, -0.05) is 0 Å². The molecule has 27 heavy (non-hydrogen) atoms. The van der Waals surface area contributed by atoms with Crippen LogP contribution in [0.15, 0.2) is 50.1 Å². The van der Waals surface area contributed by atoms with Gasteiger partial charge in [0.15, 0.2) is 0 Å². The smallest absolute Gasteiger partial charge is 0.507 e. The van der Waals surface area contributed by atoms with E-state index in [1.54, 1.807) is 0 Å². The molecule has 0 aliphatic carbocycles. The molecule has 0 saturated carbocycles. The number of aromatic hydroxyl groups is 1. The molecule has 1 aromatic heterocycles. The van der Waals surface area contributed by atoms with Crippen LogP contribution in [0, 0.1) is 10.1 Å². The zero-order valence-electron chi connectivity index (χ0n) is 13.6. The summed E-state index contributed by atoms with van der Waals surface area (Å²) >= 11 is 3.17. The minimum atomic E-state index is -1.03. The lowest BCUT2D eigenvalue weighted by molar-refractivity contribution is -0.384. The van der Waals surface area contributed by atoms with Gasteiger partial charge in [0.05, 0.1) is 16.5 Å². The lowest BCUT2D eigenvalue weighted by Crippen LogP contribution is -2.09. The summed E-state index contributed by atoms with van der Waals surface area (Å²) in [7, 11) is 1.11. The molecule has 2 aromatic carbocycles. The number of nitro groups is 1. The topological polar surface area (TPSA) is 129 Å². The van der Waals surface area contributed by atoms with Gasteiger partial charge in [-0.15, -0.1) is 0 Å². The van der Waals surface area contributed by atoms with Crippen LogP contribution in [0.1, 0.15) is 0 Å². The minimum Gasteiger partial charge on any atom is -0.507 e. The molecule has 0 amide bonds. The Bertz CT molecular complexity index is 1140.